The van der Waals surface area contributed by atoms with Crippen LogP contribution in [0.15, 0.2) is 60.7 Å². The second-order valence-corrected chi connectivity index (χ2v) is 5.45. The summed E-state index contributed by atoms with van der Waals surface area (Å²) < 4.78 is 0. The lowest BCUT2D eigenvalue weighted by Crippen LogP contribution is -1.95. The Morgan fingerprint density at radius 1 is 0.346 bits per heavy atom. The maximum absolute atomic E-state index is 5.42. The maximum atomic E-state index is 5.42. The molecule has 3 rings (SSSR count). The molecule has 138 valence electrons. The number of hydrogen-bond donors (Lipinski definition) is 8. The summed E-state index contributed by atoms with van der Waals surface area (Å²) in [5, 5.41) is 0. The van der Waals surface area contributed by atoms with Crippen LogP contribution in [0.3, 0.4) is 0 Å². The Labute approximate surface area is 152 Å². The van der Waals surface area contributed by atoms with Crippen molar-refractivity contribution in [1.82, 2.24) is 0 Å². The van der Waals surface area contributed by atoms with Crippen molar-refractivity contribution in [2.75, 3.05) is 45.9 Å². The van der Waals surface area contributed by atoms with Crippen molar-refractivity contribution < 1.29 is 0 Å². The van der Waals surface area contributed by atoms with Crippen LogP contribution >= 0.6 is 0 Å². The van der Waals surface area contributed by atoms with E-state index < -0.39 is 0 Å². The van der Waals surface area contributed by atoms with Gasteiger partial charge >= 0.3 is 0 Å². The van der Waals surface area contributed by atoms with Gasteiger partial charge in [0.1, 0.15) is 0 Å². The highest BCUT2D eigenvalue weighted by Gasteiger charge is 1.91. The predicted octanol–water partition coefficient (Wildman–Crippen LogP) is 1.72. The molecular formula is C18H26N8. The van der Waals surface area contributed by atoms with Gasteiger partial charge in [-0.15, -0.1) is 0 Å². The fourth-order valence-electron chi connectivity index (χ4n) is 1.75. The number of benzene rings is 3. The Balaban J connectivity index is 0.000000195. The minimum absolute atomic E-state index is 0.537. The topological polar surface area (TPSA) is 208 Å². The first-order valence-corrected chi connectivity index (χ1v) is 7.61. The molecular weight excluding hydrogens is 328 g/mol. The summed E-state index contributed by atoms with van der Waals surface area (Å²) >= 11 is 0. The zero-order chi connectivity index (χ0) is 19.7. The summed E-state index contributed by atoms with van der Waals surface area (Å²) in [5.74, 6) is 0. The van der Waals surface area contributed by atoms with Crippen LogP contribution in [-0.2, 0) is 0 Å². The predicted molar refractivity (Wildman–Crippen MR) is 115 cm³/mol. The van der Waals surface area contributed by atoms with E-state index in [0.29, 0.717) is 45.5 Å². The second kappa shape index (κ2) is 9.38. The van der Waals surface area contributed by atoms with E-state index in [9.17, 15) is 0 Å². The number of nitrogens with two attached hydrogens (primary N) is 8. The first kappa shape index (κ1) is 20.1. The van der Waals surface area contributed by atoms with E-state index in [0.717, 1.165) is 0 Å². The highest BCUT2D eigenvalue weighted by molar-refractivity contribution is 5.68. The minimum Gasteiger partial charge on any atom is -0.399 e. The second-order valence-electron chi connectivity index (χ2n) is 5.45. The van der Waals surface area contributed by atoms with Crippen molar-refractivity contribution >= 4 is 45.5 Å². The SMILES string of the molecule is Nc1ccc(N)c(N)c1.Nc1ccc(N)c(N)c1.Nc1cccc(N)c1. The summed E-state index contributed by atoms with van der Waals surface area (Å²) in [4.78, 5) is 0. The normalized spacial score (nSPS) is 9.23. The molecule has 0 spiro atoms. The number of nitrogen functional groups attached to an aromatic ring is 8. The van der Waals surface area contributed by atoms with Gasteiger partial charge in [-0.1, -0.05) is 6.07 Å². The lowest BCUT2D eigenvalue weighted by molar-refractivity contribution is 1.65. The largest absolute Gasteiger partial charge is 0.399 e. The molecule has 0 unspecified atom stereocenters. The Hall–Kier alpha value is -3.94. The first-order valence-electron chi connectivity index (χ1n) is 7.61. The molecule has 3 aromatic rings. The molecule has 0 fully saturated rings. The van der Waals surface area contributed by atoms with Gasteiger partial charge in [-0.25, -0.2) is 0 Å². The molecule has 0 aromatic heterocycles. The third kappa shape index (κ3) is 7.09. The van der Waals surface area contributed by atoms with E-state index in [2.05, 4.69) is 0 Å². The molecule has 8 heteroatoms. The Kier molecular flexibility index (Phi) is 7.25. The molecule has 0 aliphatic heterocycles. The quantitative estimate of drug-likeness (QED) is 0.278. The zero-order valence-electron chi connectivity index (χ0n) is 14.4. The van der Waals surface area contributed by atoms with Crippen molar-refractivity contribution in [2.45, 2.75) is 0 Å². The van der Waals surface area contributed by atoms with Gasteiger partial charge in [0.25, 0.3) is 0 Å². The maximum Gasteiger partial charge on any atom is 0.0568 e. The van der Waals surface area contributed by atoms with E-state index >= 15 is 0 Å². The van der Waals surface area contributed by atoms with Gasteiger partial charge in [-0.3, -0.25) is 0 Å². The molecule has 8 nitrogen and oxygen atoms in total. The van der Waals surface area contributed by atoms with E-state index in [1.54, 1.807) is 54.6 Å². The molecule has 0 saturated heterocycles. The average Bonchev–Trinajstić information content (AvgIpc) is 2.56. The summed E-state index contributed by atoms with van der Waals surface area (Å²) in [6, 6.07) is 17.2. The van der Waals surface area contributed by atoms with Gasteiger partial charge < -0.3 is 45.9 Å². The average molecular weight is 354 g/mol. The first-order chi connectivity index (χ1) is 12.2. The van der Waals surface area contributed by atoms with Gasteiger partial charge in [-0.2, -0.15) is 0 Å². The summed E-state index contributed by atoms with van der Waals surface area (Å²) in [5.41, 5.74) is 48.1. The lowest BCUT2D eigenvalue weighted by atomic mass is 10.2. The van der Waals surface area contributed by atoms with Gasteiger partial charge in [-0.05, 0) is 54.6 Å². The molecule has 16 N–H and O–H groups in total. The summed E-state index contributed by atoms with van der Waals surface area (Å²) in [6.07, 6.45) is 0. The van der Waals surface area contributed by atoms with E-state index in [1.165, 1.54) is 0 Å². The number of hydrogen-bond acceptors (Lipinski definition) is 8. The van der Waals surface area contributed by atoms with Gasteiger partial charge in [0.2, 0.25) is 0 Å². The third-order valence-electron chi connectivity index (χ3n) is 3.13. The molecule has 0 saturated carbocycles. The molecule has 0 amide bonds. The van der Waals surface area contributed by atoms with Crippen LogP contribution in [0, 0.1) is 0 Å². The van der Waals surface area contributed by atoms with Crippen LogP contribution in [0.25, 0.3) is 0 Å². The molecule has 0 atom stereocenters. The summed E-state index contributed by atoms with van der Waals surface area (Å²) in [6.45, 7) is 0. The van der Waals surface area contributed by atoms with E-state index in [4.69, 9.17) is 45.9 Å². The van der Waals surface area contributed by atoms with Crippen LogP contribution < -0.4 is 45.9 Å². The van der Waals surface area contributed by atoms with Gasteiger partial charge in [0.05, 0.1) is 22.7 Å². The Bertz CT molecular complexity index is 782. The summed E-state index contributed by atoms with van der Waals surface area (Å²) in [7, 11) is 0. The zero-order valence-corrected chi connectivity index (χ0v) is 14.4. The highest BCUT2D eigenvalue weighted by Crippen LogP contribution is 2.17. The molecule has 0 aliphatic carbocycles. The van der Waals surface area contributed by atoms with Gasteiger partial charge in [0.15, 0.2) is 0 Å². The Morgan fingerprint density at radius 3 is 0.923 bits per heavy atom. The molecule has 0 aliphatic rings. The fraction of sp³-hybridized carbons (Fsp3) is 0. The smallest absolute Gasteiger partial charge is 0.0568 e. The van der Waals surface area contributed by atoms with Crippen molar-refractivity contribution in [3.05, 3.63) is 60.7 Å². The molecule has 0 bridgehead atoms. The molecule has 3 aromatic carbocycles. The fourth-order valence-corrected chi connectivity index (χ4v) is 1.75. The Morgan fingerprint density at radius 2 is 0.692 bits per heavy atom. The van der Waals surface area contributed by atoms with Crippen LogP contribution in [0.1, 0.15) is 0 Å². The standard InChI is InChI=1S/2C6H9N3.C6H8N2/c2*7-4-1-2-5(8)6(9)3-4;7-5-2-1-3-6(8)4-5/h2*1-3H,7-9H2;1-4H,7-8H2. The van der Waals surface area contributed by atoms with Crippen molar-refractivity contribution in [3.8, 4) is 0 Å². The van der Waals surface area contributed by atoms with E-state index in [1.807, 2.05) is 6.07 Å². The van der Waals surface area contributed by atoms with Crippen LogP contribution in [0.5, 0.6) is 0 Å². The van der Waals surface area contributed by atoms with Gasteiger partial charge in [0, 0.05) is 22.7 Å². The third-order valence-corrected chi connectivity index (χ3v) is 3.13. The molecule has 26 heavy (non-hydrogen) atoms. The number of rotatable bonds is 0. The van der Waals surface area contributed by atoms with Crippen molar-refractivity contribution in [2.24, 2.45) is 0 Å². The highest BCUT2D eigenvalue weighted by atomic mass is 14.7. The minimum atomic E-state index is 0.537. The van der Waals surface area contributed by atoms with E-state index in [-0.39, 0.29) is 0 Å². The van der Waals surface area contributed by atoms with Crippen LogP contribution in [-0.4, -0.2) is 0 Å². The lowest BCUT2D eigenvalue weighted by Gasteiger charge is -1.98. The molecule has 0 radical (unpaired) electrons. The van der Waals surface area contributed by atoms with Crippen molar-refractivity contribution in [1.29, 1.82) is 0 Å². The number of anilines is 8. The van der Waals surface area contributed by atoms with Crippen LogP contribution in [0.2, 0.25) is 0 Å². The van der Waals surface area contributed by atoms with Crippen LogP contribution in [0.4, 0.5) is 45.5 Å². The molecule has 0 heterocycles. The monoisotopic (exact) mass is 354 g/mol. The van der Waals surface area contributed by atoms with Crippen molar-refractivity contribution in [3.63, 3.8) is 0 Å².